The molecule has 26 heavy (non-hydrogen) atoms. The number of esters is 1. The average molecular weight is 381 g/mol. The summed E-state index contributed by atoms with van der Waals surface area (Å²) in [6, 6.07) is 2.29. The molecule has 0 aliphatic carbocycles. The molecule has 2 aromatic heterocycles. The van der Waals surface area contributed by atoms with Crippen LogP contribution in [0.5, 0.6) is 0 Å². The number of nitrogens with zero attached hydrogens (tertiary/aromatic N) is 1. The summed E-state index contributed by atoms with van der Waals surface area (Å²) in [5.74, 6) is -1.64. The Kier molecular flexibility index (Phi) is 6.87. The van der Waals surface area contributed by atoms with Gasteiger partial charge in [0.25, 0.3) is 0 Å². The molecule has 140 valence electrons. The second-order valence-corrected chi connectivity index (χ2v) is 6.26. The Morgan fingerprint density at radius 1 is 1.42 bits per heavy atom. The molecule has 2 aromatic rings. The highest BCUT2D eigenvalue weighted by Gasteiger charge is 2.23. The Bertz CT molecular complexity index is 771. The summed E-state index contributed by atoms with van der Waals surface area (Å²) >= 11 is 0.982. The molecule has 0 saturated carbocycles. The Balaban J connectivity index is 1.94. The van der Waals surface area contributed by atoms with Crippen molar-refractivity contribution in [3.05, 3.63) is 34.7 Å². The molecule has 0 radical (unpaired) electrons. The predicted molar refractivity (Wildman–Crippen MR) is 93.0 cm³/mol. The third-order valence-corrected chi connectivity index (χ3v) is 4.35. The van der Waals surface area contributed by atoms with Gasteiger partial charge in [-0.3, -0.25) is 14.9 Å². The number of aliphatic carboxylic acids is 1. The minimum atomic E-state index is -1.16. The van der Waals surface area contributed by atoms with Crippen molar-refractivity contribution in [3.8, 4) is 0 Å². The van der Waals surface area contributed by atoms with Gasteiger partial charge >= 0.3 is 11.9 Å². The molecule has 1 amide bonds. The topological polar surface area (TPSA) is 131 Å². The summed E-state index contributed by atoms with van der Waals surface area (Å²) in [7, 11) is 0. The van der Waals surface area contributed by atoms with Gasteiger partial charge in [0, 0.05) is 0 Å². The van der Waals surface area contributed by atoms with Crippen molar-refractivity contribution < 1.29 is 28.6 Å². The molecule has 1 atom stereocenters. The number of aryl methyl sites for hydroxylation is 1. The Labute approximate surface area is 153 Å². The number of carbonyl (C=O) groups is 3. The minimum Gasteiger partial charge on any atom is -0.480 e. The van der Waals surface area contributed by atoms with Crippen LogP contribution in [0.2, 0.25) is 0 Å². The van der Waals surface area contributed by atoms with Gasteiger partial charge < -0.3 is 19.6 Å². The first kappa shape index (κ1) is 19.6. The van der Waals surface area contributed by atoms with Gasteiger partial charge in [-0.05, 0) is 26.0 Å². The SMILES string of the molecule is CCOC(=O)c1sc(NC(=O)C[C@H](NCc2ccco2)C(=O)O)nc1C. The number of nitrogens with one attached hydrogen (secondary N) is 2. The molecule has 0 aromatic carbocycles. The monoisotopic (exact) mass is 381 g/mol. The Hall–Kier alpha value is -2.72. The van der Waals surface area contributed by atoms with Gasteiger partial charge in [0.05, 0.1) is 31.5 Å². The first-order chi connectivity index (χ1) is 12.4. The number of anilines is 1. The molecule has 2 rings (SSSR count). The zero-order chi connectivity index (χ0) is 19.1. The molecule has 10 heteroatoms. The quantitative estimate of drug-likeness (QED) is 0.560. The lowest BCUT2D eigenvalue weighted by molar-refractivity contribution is -0.141. The molecule has 0 aliphatic heterocycles. The van der Waals surface area contributed by atoms with Gasteiger partial charge in [0.2, 0.25) is 5.91 Å². The summed E-state index contributed by atoms with van der Waals surface area (Å²) in [5, 5.41) is 14.7. The van der Waals surface area contributed by atoms with Crippen molar-refractivity contribution >= 4 is 34.3 Å². The third kappa shape index (κ3) is 5.39. The van der Waals surface area contributed by atoms with Crippen LogP contribution in [0, 0.1) is 6.92 Å². The molecule has 0 bridgehead atoms. The summed E-state index contributed by atoms with van der Waals surface area (Å²) in [6.07, 6.45) is 1.18. The van der Waals surface area contributed by atoms with Crippen LogP contribution in [-0.2, 0) is 20.9 Å². The predicted octanol–water partition coefficient (Wildman–Crippen LogP) is 1.79. The highest BCUT2D eigenvalue weighted by molar-refractivity contribution is 7.17. The lowest BCUT2D eigenvalue weighted by atomic mass is 10.2. The number of carboxylic acid groups (broad SMARTS) is 1. The second-order valence-electron chi connectivity index (χ2n) is 5.26. The van der Waals surface area contributed by atoms with Crippen LogP contribution in [0.1, 0.15) is 34.5 Å². The first-order valence-corrected chi connectivity index (χ1v) is 8.65. The van der Waals surface area contributed by atoms with Crippen LogP contribution >= 0.6 is 11.3 Å². The number of carbonyl (C=O) groups excluding carboxylic acids is 2. The second kappa shape index (κ2) is 9.11. The molecule has 3 N–H and O–H groups in total. The van der Waals surface area contributed by atoms with Gasteiger partial charge in [0.1, 0.15) is 16.7 Å². The van der Waals surface area contributed by atoms with Crippen molar-refractivity contribution in [2.45, 2.75) is 32.9 Å². The maximum absolute atomic E-state index is 12.1. The number of ether oxygens (including phenoxy) is 1. The fraction of sp³-hybridized carbons (Fsp3) is 0.375. The number of hydrogen-bond acceptors (Lipinski definition) is 8. The van der Waals surface area contributed by atoms with E-state index in [1.807, 2.05) is 0 Å². The number of rotatable bonds is 9. The van der Waals surface area contributed by atoms with Gasteiger partial charge in [-0.2, -0.15) is 0 Å². The number of carboxylic acids is 1. The number of amides is 1. The van der Waals surface area contributed by atoms with Crippen LogP contribution < -0.4 is 10.6 Å². The van der Waals surface area contributed by atoms with Crippen molar-refractivity contribution in [1.29, 1.82) is 0 Å². The van der Waals surface area contributed by atoms with E-state index in [0.29, 0.717) is 16.3 Å². The summed E-state index contributed by atoms with van der Waals surface area (Å²) in [4.78, 5) is 39.6. The number of thiazole rings is 1. The van der Waals surface area contributed by atoms with E-state index in [1.165, 1.54) is 6.26 Å². The third-order valence-electron chi connectivity index (χ3n) is 3.29. The number of furan rings is 1. The van der Waals surface area contributed by atoms with E-state index in [2.05, 4.69) is 15.6 Å². The molecule has 0 fully saturated rings. The maximum Gasteiger partial charge on any atom is 0.350 e. The van der Waals surface area contributed by atoms with Crippen molar-refractivity contribution in [2.24, 2.45) is 0 Å². The lowest BCUT2D eigenvalue weighted by Gasteiger charge is -2.12. The van der Waals surface area contributed by atoms with Crippen LogP contribution in [0.15, 0.2) is 22.8 Å². The molecule has 0 saturated heterocycles. The average Bonchev–Trinajstić information content (AvgIpc) is 3.21. The first-order valence-electron chi connectivity index (χ1n) is 7.83. The van der Waals surface area contributed by atoms with Crippen LogP contribution in [0.4, 0.5) is 5.13 Å². The van der Waals surface area contributed by atoms with Crippen molar-refractivity contribution in [1.82, 2.24) is 10.3 Å². The van der Waals surface area contributed by atoms with E-state index in [9.17, 15) is 19.5 Å². The van der Waals surface area contributed by atoms with Crippen LogP contribution in [0.25, 0.3) is 0 Å². The molecule has 0 unspecified atom stereocenters. The summed E-state index contributed by atoms with van der Waals surface area (Å²) in [6.45, 7) is 3.74. The summed E-state index contributed by atoms with van der Waals surface area (Å²) < 4.78 is 10.0. The molecule has 2 heterocycles. The highest BCUT2D eigenvalue weighted by atomic mass is 32.1. The zero-order valence-electron chi connectivity index (χ0n) is 14.3. The normalized spacial score (nSPS) is 11.8. The molecule has 0 spiro atoms. The highest BCUT2D eigenvalue weighted by Crippen LogP contribution is 2.23. The van der Waals surface area contributed by atoms with Gasteiger partial charge in [-0.25, -0.2) is 9.78 Å². The smallest absolute Gasteiger partial charge is 0.350 e. The van der Waals surface area contributed by atoms with E-state index < -0.39 is 23.9 Å². The van der Waals surface area contributed by atoms with E-state index in [4.69, 9.17) is 9.15 Å². The van der Waals surface area contributed by atoms with Gasteiger partial charge in [0.15, 0.2) is 5.13 Å². The van der Waals surface area contributed by atoms with Crippen LogP contribution in [0.3, 0.4) is 0 Å². The van der Waals surface area contributed by atoms with E-state index in [-0.39, 0.29) is 24.7 Å². The molecule has 9 nitrogen and oxygen atoms in total. The number of aromatic nitrogens is 1. The van der Waals surface area contributed by atoms with Crippen molar-refractivity contribution in [2.75, 3.05) is 11.9 Å². The lowest BCUT2D eigenvalue weighted by Crippen LogP contribution is -2.39. The number of hydrogen-bond donors (Lipinski definition) is 3. The van der Waals surface area contributed by atoms with E-state index >= 15 is 0 Å². The molecular formula is C16H19N3O6S. The Morgan fingerprint density at radius 2 is 2.19 bits per heavy atom. The summed E-state index contributed by atoms with van der Waals surface area (Å²) in [5.41, 5.74) is 0.439. The van der Waals surface area contributed by atoms with Crippen LogP contribution in [-0.4, -0.2) is 40.6 Å². The van der Waals surface area contributed by atoms with Crippen molar-refractivity contribution in [3.63, 3.8) is 0 Å². The maximum atomic E-state index is 12.1. The molecule has 0 aliphatic rings. The van der Waals surface area contributed by atoms with E-state index in [1.54, 1.807) is 26.0 Å². The minimum absolute atomic E-state index is 0.181. The molecular weight excluding hydrogens is 362 g/mol. The fourth-order valence-electron chi connectivity index (χ4n) is 2.08. The fourth-order valence-corrected chi connectivity index (χ4v) is 2.95. The van der Waals surface area contributed by atoms with Gasteiger partial charge in [-0.1, -0.05) is 11.3 Å². The Morgan fingerprint density at radius 3 is 2.81 bits per heavy atom. The standard InChI is InChI=1S/C16H19N3O6S/c1-3-24-15(23)13-9(2)18-16(26-13)19-12(20)7-11(14(21)22)17-8-10-5-4-6-25-10/h4-6,11,17H,3,7-8H2,1-2H3,(H,21,22)(H,18,19,20)/t11-/m0/s1. The van der Waals surface area contributed by atoms with Gasteiger partial charge in [-0.15, -0.1) is 0 Å². The zero-order valence-corrected chi connectivity index (χ0v) is 15.1. The van der Waals surface area contributed by atoms with E-state index in [0.717, 1.165) is 11.3 Å². The largest absolute Gasteiger partial charge is 0.480 e.